The summed E-state index contributed by atoms with van der Waals surface area (Å²) in [6, 6.07) is 10.4. The number of benzene rings is 1. The molecule has 0 atom stereocenters. The molecule has 0 aliphatic carbocycles. The summed E-state index contributed by atoms with van der Waals surface area (Å²) in [6.45, 7) is 7.84. The fourth-order valence-corrected chi connectivity index (χ4v) is 2.52. The average molecular weight is 305 g/mol. The first-order chi connectivity index (χ1) is 10.4. The topological polar surface area (TPSA) is 38.8 Å². The Labute approximate surface area is 133 Å². The minimum Gasteiger partial charge on any atom is -0.444 e. The lowest BCUT2D eigenvalue weighted by atomic mass is 10.1. The maximum Gasteiger partial charge on any atom is 0.410 e. The lowest BCUT2D eigenvalue weighted by Crippen LogP contribution is -2.43. The summed E-state index contributed by atoms with van der Waals surface area (Å²) in [7, 11) is 0. The van der Waals surface area contributed by atoms with Gasteiger partial charge >= 0.3 is 6.09 Å². The van der Waals surface area contributed by atoms with Gasteiger partial charge in [0, 0.05) is 13.1 Å². The van der Waals surface area contributed by atoms with Crippen LogP contribution in [0.1, 0.15) is 39.2 Å². The van der Waals surface area contributed by atoms with Crippen LogP contribution < -0.4 is 0 Å². The molecule has 1 aliphatic heterocycles. The van der Waals surface area contributed by atoms with Crippen molar-refractivity contribution in [2.75, 3.05) is 19.7 Å². The Morgan fingerprint density at radius 2 is 1.82 bits per heavy atom. The van der Waals surface area contributed by atoms with Crippen molar-refractivity contribution >= 4 is 6.09 Å². The number of carbonyl (C=O) groups is 1. The molecule has 0 spiro atoms. The SMILES string of the molecule is CC(C)(C)OC(=O)N1CCC(OCCc2ccccc2)CC1. The second kappa shape index (κ2) is 7.63. The Morgan fingerprint density at radius 3 is 2.41 bits per heavy atom. The standard InChI is InChI=1S/C18H27NO3/c1-18(2,3)22-17(20)19-12-9-16(10-13-19)21-14-11-15-7-5-4-6-8-15/h4-8,16H,9-14H2,1-3H3. The molecule has 4 heteroatoms. The van der Waals surface area contributed by atoms with Gasteiger partial charge in [0.25, 0.3) is 0 Å². The van der Waals surface area contributed by atoms with E-state index in [4.69, 9.17) is 9.47 Å². The first-order valence-electron chi connectivity index (χ1n) is 8.07. The monoisotopic (exact) mass is 305 g/mol. The van der Waals surface area contributed by atoms with Gasteiger partial charge in [0.15, 0.2) is 0 Å². The molecule has 1 fully saturated rings. The lowest BCUT2D eigenvalue weighted by Gasteiger charge is -2.33. The highest BCUT2D eigenvalue weighted by Gasteiger charge is 2.26. The average Bonchev–Trinajstić information content (AvgIpc) is 2.47. The van der Waals surface area contributed by atoms with E-state index >= 15 is 0 Å². The van der Waals surface area contributed by atoms with Crippen molar-refractivity contribution in [3.05, 3.63) is 35.9 Å². The number of hydrogen-bond acceptors (Lipinski definition) is 3. The highest BCUT2D eigenvalue weighted by atomic mass is 16.6. The van der Waals surface area contributed by atoms with Crippen LogP contribution in [-0.2, 0) is 15.9 Å². The van der Waals surface area contributed by atoms with Gasteiger partial charge in [-0.3, -0.25) is 0 Å². The van der Waals surface area contributed by atoms with Gasteiger partial charge in [0.1, 0.15) is 5.60 Å². The van der Waals surface area contributed by atoms with Crippen molar-refractivity contribution < 1.29 is 14.3 Å². The normalized spacial score (nSPS) is 16.6. The molecule has 1 amide bonds. The van der Waals surface area contributed by atoms with Crippen molar-refractivity contribution in [3.8, 4) is 0 Å². The van der Waals surface area contributed by atoms with Gasteiger partial charge in [0.2, 0.25) is 0 Å². The van der Waals surface area contributed by atoms with Crippen LogP contribution in [0.25, 0.3) is 0 Å². The lowest BCUT2D eigenvalue weighted by molar-refractivity contribution is -0.0105. The highest BCUT2D eigenvalue weighted by molar-refractivity contribution is 5.68. The number of rotatable bonds is 4. The molecule has 1 aromatic carbocycles. The van der Waals surface area contributed by atoms with E-state index in [9.17, 15) is 4.79 Å². The molecule has 0 bridgehead atoms. The van der Waals surface area contributed by atoms with Crippen LogP contribution in [0.3, 0.4) is 0 Å². The maximum absolute atomic E-state index is 12.0. The number of piperidine rings is 1. The predicted molar refractivity (Wildman–Crippen MR) is 86.9 cm³/mol. The Hall–Kier alpha value is -1.55. The molecule has 0 saturated carbocycles. The first-order valence-corrected chi connectivity index (χ1v) is 8.07. The van der Waals surface area contributed by atoms with Crippen LogP contribution in [0.5, 0.6) is 0 Å². The Morgan fingerprint density at radius 1 is 1.18 bits per heavy atom. The molecule has 2 rings (SSSR count). The summed E-state index contributed by atoms with van der Waals surface area (Å²) in [5, 5.41) is 0. The zero-order chi connectivity index (χ0) is 16.0. The van der Waals surface area contributed by atoms with Crippen molar-refractivity contribution in [3.63, 3.8) is 0 Å². The van der Waals surface area contributed by atoms with Crippen LogP contribution in [0.4, 0.5) is 4.79 Å². The zero-order valence-electron chi connectivity index (χ0n) is 13.9. The van der Waals surface area contributed by atoms with Crippen molar-refractivity contribution in [2.45, 2.75) is 51.7 Å². The second-order valence-electron chi connectivity index (χ2n) is 6.77. The van der Waals surface area contributed by atoms with Gasteiger partial charge in [-0.15, -0.1) is 0 Å². The Kier molecular flexibility index (Phi) is 5.83. The van der Waals surface area contributed by atoms with Gasteiger partial charge < -0.3 is 14.4 Å². The molecule has 122 valence electrons. The molecule has 0 aromatic heterocycles. The Bertz CT molecular complexity index is 459. The molecule has 1 saturated heterocycles. The van der Waals surface area contributed by atoms with Gasteiger partial charge in [-0.25, -0.2) is 4.79 Å². The van der Waals surface area contributed by atoms with E-state index < -0.39 is 5.60 Å². The van der Waals surface area contributed by atoms with Crippen LogP contribution >= 0.6 is 0 Å². The van der Waals surface area contributed by atoms with Gasteiger partial charge in [0.05, 0.1) is 12.7 Å². The minimum atomic E-state index is -0.430. The van der Waals surface area contributed by atoms with E-state index in [0.717, 1.165) is 25.9 Å². The van der Waals surface area contributed by atoms with Crippen LogP contribution in [-0.4, -0.2) is 42.4 Å². The zero-order valence-corrected chi connectivity index (χ0v) is 13.9. The van der Waals surface area contributed by atoms with E-state index in [1.807, 2.05) is 26.8 Å². The van der Waals surface area contributed by atoms with E-state index in [0.29, 0.717) is 13.1 Å². The number of ether oxygens (including phenoxy) is 2. The maximum atomic E-state index is 12.0. The molecule has 1 aliphatic rings. The van der Waals surface area contributed by atoms with Crippen molar-refractivity contribution in [1.82, 2.24) is 4.90 Å². The fourth-order valence-electron chi connectivity index (χ4n) is 2.52. The molecule has 4 nitrogen and oxygen atoms in total. The molecule has 22 heavy (non-hydrogen) atoms. The summed E-state index contributed by atoms with van der Waals surface area (Å²) >= 11 is 0. The van der Waals surface area contributed by atoms with Crippen LogP contribution in [0.15, 0.2) is 30.3 Å². The van der Waals surface area contributed by atoms with E-state index in [2.05, 4.69) is 24.3 Å². The quantitative estimate of drug-likeness (QED) is 0.852. The molecule has 0 radical (unpaired) electrons. The third kappa shape index (κ3) is 5.68. The third-order valence-electron chi connectivity index (χ3n) is 3.68. The number of likely N-dealkylation sites (tertiary alicyclic amines) is 1. The van der Waals surface area contributed by atoms with E-state index in [-0.39, 0.29) is 12.2 Å². The number of carbonyl (C=O) groups excluding carboxylic acids is 1. The van der Waals surface area contributed by atoms with Gasteiger partial charge in [-0.05, 0) is 45.6 Å². The summed E-state index contributed by atoms with van der Waals surface area (Å²) in [4.78, 5) is 13.8. The fraction of sp³-hybridized carbons (Fsp3) is 0.611. The summed E-state index contributed by atoms with van der Waals surface area (Å²) < 4.78 is 11.3. The van der Waals surface area contributed by atoms with E-state index in [1.165, 1.54) is 5.56 Å². The van der Waals surface area contributed by atoms with Gasteiger partial charge in [-0.1, -0.05) is 30.3 Å². The van der Waals surface area contributed by atoms with Gasteiger partial charge in [-0.2, -0.15) is 0 Å². The van der Waals surface area contributed by atoms with Crippen LogP contribution in [0, 0.1) is 0 Å². The van der Waals surface area contributed by atoms with Crippen molar-refractivity contribution in [2.24, 2.45) is 0 Å². The molecule has 1 aromatic rings. The summed E-state index contributed by atoms with van der Waals surface area (Å²) in [5.74, 6) is 0. The highest BCUT2D eigenvalue weighted by Crippen LogP contribution is 2.17. The number of amides is 1. The smallest absolute Gasteiger partial charge is 0.410 e. The first kappa shape index (κ1) is 16.8. The molecular weight excluding hydrogens is 278 g/mol. The summed E-state index contributed by atoms with van der Waals surface area (Å²) in [5.41, 5.74) is 0.869. The largest absolute Gasteiger partial charge is 0.444 e. The molecular formula is C18H27NO3. The minimum absolute atomic E-state index is 0.213. The summed E-state index contributed by atoms with van der Waals surface area (Å²) in [6.07, 6.45) is 2.74. The van der Waals surface area contributed by atoms with Crippen molar-refractivity contribution in [1.29, 1.82) is 0 Å². The van der Waals surface area contributed by atoms with E-state index in [1.54, 1.807) is 4.90 Å². The number of nitrogens with zero attached hydrogens (tertiary/aromatic N) is 1. The predicted octanol–water partition coefficient (Wildman–Crippen LogP) is 3.65. The Balaban J connectivity index is 1.66. The molecule has 0 N–H and O–H groups in total. The van der Waals surface area contributed by atoms with Crippen LogP contribution in [0.2, 0.25) is 0 Å². The molecule has 0 unspecified atom stereocenters. The number of hydrogen-bond donors (Lipinski definition) is 0. The third-order valence-corrected chi connectivity index (χ3v) is 3.68. The molecule has 1 heterocycles. The second-order valence-corrected chi connectivity index (χ2v) is 6.77.